The van der Waals surface area contributed by atoms with Crippen LogP contribution >= 0.6 is 58.0 Å². The molecule has 0 aliphatic heterocycles. The Morgan fingerprint density at radius 2 is 0.985 bits per heavy atom. The number of hydrogen-bond donors (Lipinski definition) is 4. The van der Waals surface area contributed by atoms with Crippen molar-refractivity contribution in [2.45, 2.75) is 57.4 Å². The molecule has 68 heavy (non-hydrogen) atoms. The molecule has 0 saturated heterocycles. The van der Waals surface area contributed by atoms with Gasteiger partial charge in [-0.2, -0.15) is 20.5 Å². The van der Waals surface area contributed by atoms with E-state index in [1.165, 1.54) is 54.6 Å². The zero-order chi connectivity index (χ0) is 49.5. The molecule has 5 aromatic carbocycles. The van der Waals surface area contributed by atoms with Crippen LogP contribution in [0.1, 0.15) is 65.1 Å². The van der Waals surface area contributed by atoms with Gasteiger partial charge in [0.1, 0.15) is 11.5 Å². The Morgan fingerprint density at radius 3 is 1.40 bits per heavy atom. The maximum atomic E-state index is 13.4. The molecular weight excluding hydrogens is 982 g/mol. The number of Topliss-reactive ketones (excluding diaryl/α,β-unsaturated/α-hetero) is 2. The minimum absolute atomic E-state index is 0.0400. The first-order chi connectivity index (χ1) is 32.5. The van der Waals surface area contributed by atoms with Gasteiger partial charge in [-0.1, -0.05) is 23.2 Å². The Kier molecular flexibility index (Phi) is 19.4. The van der Waals surface area contributed by atoms with Crippen molar-refractivity contribution in [3.63, 3.8) is 0 Å². The summed E-state index contributed by atoms with van der Waals surface area (Å²) in [4.78, 5) is 78.7. The van der Waals surface area contributed by atoms with Crippen molar-refractivity contribution >= 4 is 127 Å². The van der Waals surface area contributed by atoms with Gasteiger partial charge in [-0.15, -0.1) is 34.8 Å². The van der Waals surface area contributed by atoms with E-state index < -0.39 is 47.3 Å². The first-order valence-electron chi connectivity index (χ1n) is 20.6. The van der Waals surface area contributed by atoms with Crippen molar-refractivity contribution < 1.29 is 38.2 Å². The first-order valence-corrected chi connectivity index (χ1v) is 22.9. The summed E-state index contributed by atoms with van der Waals surface area (Å²) in [6.45, 7) is 6.78. The number of amides is 4. The topological polar surface area (TPSA) is 218 Å². The third-order valence-corrected chi connectivity index (χ3v) is 11.0. The summed E-state index contributed by atoms with van der Waals surface area (Å²) in [6, 6.07) is 19.7. The number of ketones is 2. The number of benzene rings is 5. The number of carbonyl (C=O) groups is 6. The van der Waals surface area contributed by atoms with Crippen LogP contribution in [0.3, 0.4) is 0 Å². The number of anilines is 4. The van der Waals surface area contributed by atoms with E-state index in [2.05, 4.69) is 41.7 Å². The predicted molar refractivity (Wildman–Crippen MR) is 264 cm³/mol. The van der Waals surface area contributed by atoms with Crippen LogP contribution in [0.25, 0.3) is 0 Å². The molecule has 2 atom stereocenters. The Morgan fingerprint density at radius 1 is 0.529 bits per heavy atom. The van der Waals surface area contributed by atoms with Crippen LogP contribution in [0.4, 0.5) is 34.1 Å². The van der Waals surface area contributed by atoms with Crippen LogP contribution in [-0.4, -0.2) is 60.5 Å². The number of alkyl halides is 3. The highest BCUT2D eigenvalue weighted by Crippen LogP contribution is 2.30. The molecule has 5 rings (SSSR count). The molecule has 0 heterocycles. The fourth-order valence-corrected chi connectivity index (χ4v) is 7.15. The molecule has 354 valence electrons. The SMILES string of the molecule is CCOc1cc(CCl)cc(NC(=O)c2cc(N=NC(C(C)=O)C(=O)Nc3ccc(NC(=O)C(N=Nc4ccc(Cl)c(C(=O)Nc5cc(CCl)cc(OCC)c5)c4)C(C)=O)c(CCl)c3)ccc2Cl)c1. The van der Waals surface area contributed by atoms with E-state index in [1.54, 1.807) is 36.4 Å². The fraction of sp³-hybridized carbons (Fsp3) is 0.234. The number of halogens is 5. The molecule has 4 amide bonds. The second-order valence-electron chi connectivity index (χ2n) is 14.5. The van der Waals surface area contributed by atoms with E-state index in [9.17, 15) is 28.8 Å². The maximum absolute atomic E-state index is 13.4. The van der Waals surface area contributed by atoms with E-state index in [1.807, 2.05) is 13.8 Å². The highest BCUT2D eigenvalue weighted by Gasteiger charge is 2.26. The second kappa shape index (κ2) is 25.1. The van der Waals surface area contributed by atoms with Crippen LogP contribution in [0.5, 0.6) is 11.5 Å². The molecule has 0 aromatic heterocycles. The maximum Gasteiger partial charge on any atom is 0.258 e. The number of nitrogens with zero attached hydrogens (tertiary/aromatic N) is 4. The van der Waals surface area contributed by atoms with Crippen LogP contribution in [0.2, 0.25) is 10.0 Å². The van der Waals surface area contributed by atoms with Crippen LogP contribution in [0.15, 0.2) is 111 Å². The van der Waals surface area contributed by atoms with Gasteiger partial charge < -0.3 is 30.7 Å². The van der Waals surface area contributed by atoms with Gasteiger partial charge in [0.25, 0.3) is 23.6 Å². The van der Waals surface area contributed by atoms with Crippen molar-refractivity contribution in [1.82, 2.24) is 0 Å². The summed E-state index contributed by atoms with van der Waals surface area (Å²) in [6.07, 6.45) is 0. The molecule has 5 aromatic rings. The van der Waals surface area contributed by atoms with Crippen molar-refractivity contribution in [2.24, 2.45) is 20.5 Å². The molecule has 0 bridgehead atoms. The number of carbonyl (C=O) groups excluding carboxylic acids is 6. The number of nitrogens with one attached hydrogen (secondary N) is 4. The third-order valence-electron chi connectivity index (χ3n) is 9.39. The molecular formula is C47H43Cl5N8O8. The largest absolute Gasteiger partial charge is 0.494 e. The first kappa shape index (κ1) is 52.5. The van der Waals surface area contributed by atoms with Gasteiger partial charge in [0, 0.05) is 52.5 Å². The molecule has 2 unspecified atom stereocenters. The summed E-state index contributed by atoms with van der Waals surface area (Å²) < 4.78 is 11.1. The number of ether oxygens (including phenoxy) is 2. The van der Waals surface area contributed by atoms with Crippen molar-refractivity contribution in [2.75, 3.05) is 34.5 Å². The highest BCUT2D eigenvalue weighted by molar-refractivity contribution is 6.35. The normalized spacial score (nSPS) is 12.0. The molecule has 0 radical (unpaired) electrons. The lowest BCUT2D eigenvalue weighted by Crippen LogP contribution is -2.32. The second-order valence-corrected chi connectivity index (χ2v) is 16.2. The lowest BCUT2D eigenvalue weighted by atomic mass is 10.1. The minimum atomic E-state index is -1.62. The zero-order valence-electron chi connectivity index (χ0n) is 36.8. The van der Waals surface area contributed by atoms with Gasteiger partial charge >= 0.3 is 0 Å². The Labute approximate surface area is 416 Å². The van der Waals surface area contributed by atoms with Gasteiger partial charge in [-0.05, 0) is 123 Å². The summed E-state index contributed by atoms with van der Waals surface area (Å²) in [5.74, 6) is -2.88. The monoisotopic (exact) mass is 1020 g/mol. The van der Waals surface area contributed by atoms with Crippen LogP contribution in [0, 0.1) is 0 Å². The lowest BCUT2D eigenvalue weighted by molar-refractivity contribution is -0.127. The third kappa shape index (κ3) is 14.5. The average Bonchev–Trinajstić information content (AvgIpc) is 3.30. The van der Waals surface area contributed by atoms with Crippen molar-refractivity contribution in [3.8, 4) is 11.5 Å². The summed E-state index contributed by atoms with van der Waals surface area (Å²) in [5.41, 5.74) is 3.30. The molecule has 4 N–H and O–H groups in total. The van der Waals surface area contributed by atoms with Crippen molar-refractivity contribution in [3.05, 3.63) is 129 Å². The molecule has 0 aliphatic carbocycles. The van der Waals surface area contributed by atoms with Crippen LogP contribution in [-0.2, 0) is 36.8 Å². The standard InChI is InChI=1S/C47H43Cl5N8O8/c1-5-67-35-15-27(22-48)13-33(18-35)54-44(63)37-20-31(7-10-39(37)51)57-59-42(25(3)61)46(65)53-30-9-12-41(29(17-30)24-50)56-47(66)43(26(4)62)60-58-32-8-11-40(52)38(21-32)45(64)55-34-14-28(23-49)16-36(19-34)68-6-2/h7-21,42-43H,5-6,22-24H2,1-4H3,(H,53,65)(H,54,63)(H,55,64)(H,56,66). The minimum Gasteiger partial charge on any atom is -0.494 e. The molecule has 0 aliphatic rings. The summed E-state index contributed by atoms with van der Waals surface area (Å²) >= 11 is 31.0. The highest BCUT2D eigenvalue weighted by atomic mass is 35.5. The Hall–Kier alpha value is -6.43. The van der Waals surface area contributed by atoms with Crippen LogP contribution < -0.4 is 30.7 Å². The number of rotatable bonds is 21. The van der Waals surface area contributed by atoms with E-state index in [4.69, 9.17) is 67.5 Å². The zero-order valence-corrected chi connectivity index (χ0v) is 40.6. The quantitative estimate of drug-likeness (QED) is 0.0314. The predicted octanol–water partition coefficient (Wildman–Crippen LogP) is 11.9. The van der Waals surface area contributed by atoms with Gasteiger partial charge in [-0.3, -0.25) is 28.8 Å². The van der Waals surface area contributed by atoms with E-state index in [-0.39, 0.29) is 61.6 Å². The fourth-order valence-electron chi connectivity index (χ4n) is 6.22. The van der Waals surface area contributed by atoms with E-state index in [0.29, 0.717) is 41.7 Å². The van der Waals surface area contributed by atoms with Gasteiger partial charge in [0.15, 0.2) is 11.6 Å². The van der Waals surface area contributed by atoms with E-state index in [0.717, 1.165) is 25.0 Å². The summed E-state index contributed by atoms with van der Waals surface area (Å²) in [5, 5.41) is 27.0. The van der Waals surface area contributed by atoms with Gasteiger partial charge in [0.05, 0.1) is 45.8 Å². The van der Waals surface area contributed by atoms with Gasteiger partial charge in [0.2, 0.25) is 12.1 Å². The van der Waals surface area contributed by atoms with Crippen molar-refractivity contribution in [1.29, 1.82) is 0 Å². The summed E-state index contributed by atoms with van der Waals surface area (Å²) in [7, 11) is 0. The number of hydrogen-bond acceptors (Lipinski definition) is 12. The Balaban J connectivity index is 1.25. The molecule has 0 saturated carbocycles. The van der Waals surface area contributed by atoms with E-state index >= 15 is 0 Å². The lowest BCUT2D eigenvalue weighted by Gasteiger charge is -2.15. The van der Waals surface area contributed by atoms with Gasteiger partial charge in [-0.25, -0.2) is 0 Å². The Bertz CT molecular complexity index is 2790. The number of azo groups is 2. The molecule has 0 spiro atoms. The molecule has 21 heteroatoms. The average molecular weight is 1030 g/mol. The smallest absolute Gasteiger partial charge is 0.258 e. The molecule has 16 nitrogen and oxygen atoms in total. The molecule has 0 fully saturated rings.